The van der Waals surface area contributed by atoms with Crippen molar-refractivity contribution in [1.29, 1.82) is 0 Å². The number of nitrogens with one attached hydrogen (secondary N) is 1. The third-order valence-corrected chi connectivity index (χ3v) is 3.82. The molecule has 2 aromatic rings. The Morgan fingerprint density at radius 3 is 2.73 bits per heavy atom. The Labute approximate surface area is 160 Å². The molecule has 0 spiro atoms. The molecule has 0 saturated carbocycles. The van der Waals surface area contributed by atoms with Crippen molar-refractivity contribution in [1.82, 2.24) is 4.98 Å². The zero-order valence-electron chi connectivity index (χ0n) is 13.5. The predicted molar refractivity (Wildman–Crippen MR) is 97.9 cm³/mol. The van der Waals surface area contributed by atoms with Gasteiger partial charge in [0.05, 0.1) is 18.5 Å². The van der Waals surface area contributed by atoms with Crippen molar-refractivity contribution in [2.75, 3.05) is 18.5 Å². The van der Waals surface area contributed by atoms with E-state index in [1.165, 1.54) is 6.20 Å². The van der Waals surface area contributed by atoms with Crippen molar-refractivity contribution in [2.24, 2.45) is 5.16 Å². The first-order valence-corrected chi connectivity index (χ1v) is 8.42. The quantitative estimate of drug-likeness (QED) is 0.245. The Hall–Kier alpha value is -1.92. The summed E-state index contributed by atoms with van der Waals surface area (Å²) < 4.78 is 42.3. The molecule has 1 heterocycles. The highest BCUT2D eigenvalue weighted by molar-refractivity contribution is 14.1. The number of hydrogen-bond donors (Lipinski definition) is 3. The van der Waals surface area contributed by atoms with Gasteiger partial charge in [-0.3, -0.25) is 0 Å². The molecular formula is C16H15F3IN3O3. The zero-order chi connectivity index (χ0) is 19.3. The van der Waals surface area contributed by atoms with E-state index in [2.05, 4.69) is 38.0 Å². The lowest BCUT2D eigenvalue weighted by atomic mass is 10.1. The van der Waals surface area contributed by atoms with Crippen molar-refractivity contribution in [3.63, 3.8) is 0 Å². The molecule has 0 unspecified atom stereocenters. The number of aliphatic hydroxyl groups excluding tert-OH is 2. The van der Waals surface area contributed by atoms with Crippen LogP contribution in [0.15, 0.2) is 23.5 Å². The van der Waals surface area contributed by atoms with E-state index in [4.69, 9.17) is 15.1 Å². The lowest BCUT2D eigenvalue weighted by Gasteiger charge is -2.13. The van der Waals surface area contributed by atoms with E-state index < -0.39 is 30.2 Å². The Kier molecular flexibility index (Phi) is 7.17. The summed E-state index contributed by atoms with van der Waals surface area (Å²) in [6.45, 7) is 0.877. The smallest absolute Gasteiger partial charge is 0.196 e. The number of rotatable bonds is 7. The predicted octanol–water partition coefficient (Wildman–Crippen LogP) is 2.86. The van der Waals surface area contributed by atoms with Gasteiger partial charge in [-0.2, -0.15) is 0 Å². The van der Waals surface area contributed by atoms with Crippen LogP contribution in [0.3, 0.4) is 0 Å². The normalized spacial score (nSPS) is 12.4. The molecule has 26 heavy (non-hydrogen) atoms. The van der Waals surface area contributed by atoms with Crippen molar-refractivity contribution >= 4 is 40.3 Å². The molecule has 0 aliphatic carbocycles. The molecule has 140 valence electrons. The molecule has 0 aliphatic heterocycles. The molecule has 0 saturated heterocycles. The minimum atomic E-state index is -1.63. The minimum absolute atomic E-state index is 0.125. The first-order chi connectivity index (χ1) is 12.3. The second-order valence-corrected chi connectivity index (χ2v) is 6.51. The maximum absolute atomic E-state index is 14.2. The van der Waals surface area contributed by atoms with E-state index in [-0.39, 0.29) is 23.7 Å². The number of oxime groups is 1. The topological polar surface area (TPSA) is 87.0 Å². The third kappa shape index (κ3) is 5.05. The number of anilines is 2. The summed E-state index contributed by atoms with van der Waals surface area (Å²) in [7, 11) is 0. The molecule has 1 aromatic carbocycles. The number of halogens is 4. The molecular weight excluding hydrogens is 466 g/mol. The van der Waals surface area contributed by atoms with Crippen LogP contribution in [0.25, 0.3) is 0 Å². The Morgan fingerprint density at radius 2 is 2.08 bits per heavy atom. The molecule has 10 heteroatoms. The summed E-state index contributed by atoms with van der Waals surface area (Å²) in [5, 5.41) is 23.9. The largest absolute Gasteiger partial charge is 0.394 e. The number of hydrogen-bond acceptors (Lipinski definition) is 6. The van der Waals surface area contributed by atoms with Crippen LogP contribution in [0, 0.1) is 27.9 Å². The SMILES string of the molecule is Cc1cc(I)cnc1Nc1c(/C=N/OC[C@@H](O)CO)cc(F)c(F)c1F. The van der Waals surface area contributed by atoms with Crippen molar-refractivity contribution in [3.8, 4) is 0 Å². The van der Waals surface area contributed by atoms with Gasteiger partial charge in [-0.05, 0) is 47.2 Å². The van der Waals surface area contributed by atoms with Crippen LogP contribution in [0.4, 0.5) is 24.7 Å². The van der Waals surface area contributed by atoms with Gasteiger partial charge in [-0.15, -0.1) is 0 Å². The Morgan fingerprint density at radius 1 is 1.35 bits per heavy atom. The summed E-state index contributed by atoms with van der Waals surface area (Å²) in [5.74, 6) is -4.19. The number of aliphatic hydroxyl groups is 2. The van der Waals surface area contributed by atoms with Crippen LogP contribution in [0.1, 0.15) is 11.1 Å². The molecule has 6 nitrogen and oxygen atoms in total. The number of aryl methyl sites for hydroxylation is 1. The van der Waals surface area contributed by atoms with Gasteiger partial charge in [0.1, 0.15) is 18.5 Å². The summed E-state index contributed by atoms with van der Waals surface area (Å²) >= 11 is 2.06. The molecule has 0 amide bonds. The second kappa shape index (κ2) is 9.14. The van der Waals surface area contributed by atoms with Gasteiger partial charge in [0, 0.05) is 15.3 Å². The van der Waals surface area contributed by atoms with E-state index >= 15 is 0 Å². The number of aromatic nitrogens is 1. The summed E-state index contributed by atoms with van der Waals surface area (Å²) in [6.07, 6.45) is 1.34. The van der Waals surface area contributed by atoms with Crippen LogP contribution in [0.2, 0.25) is 0 Å². The molecule has 3 N–H and O–H groups in total. The van der Waals surface area contributed by atoms with Crippen molar-refractivity contribution < 1.29 is 28.2 Å². The van der Waals surface area contributed by atoms with Gasteiger partial charge in [-0.25, -0.2) is 18.2 Å². The molecule has 1 atom stereocenters. The standard InChI is InChI=1S/C16H15F3IN3O3/c1-8-2-10(20)5-21-16(8)23-15-9(3-12(17)13(18)14(15)19)4-22-26-7-11(25)6-24/h2-5,11,24-25H,6-7H2,1H3,(H,21,23)/b22-4+/t11-/m0/s1. The molecule has 0 fully saturated rings. The van der Waals surface area contributed by atoms with Crippen LogP contribution in [0.5, 0.6) is 0 Å². The maximum atomic E-state index is 14.2. The molecule has 1 aromatic heterocycles. The van der Waals surface area contributed by atoms with E-state index in [1.54, 1.807) is 13.0 Å². The summed E-state index contributed by atoms with van der Waals surface area (Å²) in [5.41, 5.74) is 0.182. The van der Waals surface area contributed by atoms with Crippen LogP contribution in [-0.2, 0) is 4.84 Å². The molecule has 0 aliphatic rings. The van der Waals surface area contributed by atoms with Gasteiger partial charge >= 0.3 is 0 Å². The highest BCUT2D eigenvalue weighted by atomic mass is 127. The average Bonchev–Trinajstić information content (AvgIpc) is 2.61. The fourth-order valence-electron chi connectivity index (χ4n) is 1.91. The van der Waals surface area contributed by atoms with E-state index in [1.807, 2.05) is 0 Å². The first-order valence-electron chi connectivity index (χ1n) is 7.34. The number of pyridine rings is 1. The van der Waals surface area contributed by atoms with Gasteiger partial charge in [0.15, 0.2) is 17.5 Å². The fourth-order valence-corrected chi connectivity index (χ4v) is 2.51. The minimum Gasteiger partial charge on any atom is -0.394 e. The van der Waals surface area contributed by atoms with Crippen LogP contribution < -0.4 is 5.32 Å². The Balaban J connectivity index is 2.34. The lowest BCUT2D eigenvalue weighted by molar-refractivity contribution is 0.00884. The highest BCUT2D eigenvalue weighted by Crippen LogP contribution is 2.28. The highest BCUT2D eigenvalue weighted by Gasteiger charge is 2.19. The monoisotopic (exact) mass is 481 g/mol. The third-order valence-electron chi connectivity index (χ3n) is 3.23. The summed E-state index contributed by atoms with van der Waals surface area (Å²) in [4.78, 5) is 8.82. The van der Waals surface area contributed by atoms with E-state index in [0.29, 0.717) is 5.56 Å². The second-order valence-electron chi connectivity index (χ2n) is 5.26. The Bertz CT molecular complexity index is 821. The maximum Gasteiger partial charge on any atom is 0.196 e. The van der Waals surface area contributed by atoms with Crippen molar-refractivity contribution in [3.05, 3.63) is 50.5 Å². The van der Waals surface area contributed by atoms with E-state index in [0.717, 1.165) is 15.9 Å². The van der Waals surface area contributed by atoms with Gasteiger partial charge in [0.25, 0.3) is 0 Å². The van der Waals surface area contributed by atoms with Gasteiger partial charge in [0.2, 0.25) is 0 Å². The summed E-state index contributed by atoms with van der Waals surface area (Å²) in [6, 6.07) is 2.53. The van der Waals surface area contributed by atoms with Gasteiger partial charge in [-0.1, -0.05) is 5.16 Å². The first kappa shape index (κ1) is 20.4. The van der Waals surface area contributed by atoms with Crippen molar-refractivity contribution in [2.45, 2.75) is 13.0 Å². The van der Waals surface area contributed by atoms with E-state index in [9.17, 15) is 13.2 Å². The molecule has 0 bridgehead atoms. The van der Waals surface area contributed by atoms with Gasteiger partial charge < -0.3 is 20.4 Å². The van der Waals surface area contributed by atoms with Crippen LogP contribution in [-0.4, -0.2) is 40.7 Å². The number of benzene rings is 1. The zero-order valence-corrected chi connectivity index (χ0v) is 15.7. The lowest BCUT2D eigenvalue weighted by Crippen LogP contribution is -2.17. The average molecular weight is 481 g/mol. The van der Waals surface area contributed by atoms with Crippen LogP contribution >= 0.6 is 22.6 Å². The molecule has 2 rings (SSSR count). The molecule has 0 radical (unpaired) electrons. The number of nitrogens with zero attached hydrogens (tertiary/aromatic N) is 2. The fraction of sp³-hybridized carbons (Fsp3) is 0.250.